The highest BCUT2D eigenvalue weighted by atomic mass is 16.4. The Morgan fingerprint density at radius 1 is 1.44 bits per heavy atom. The van der Waals surface area contributed by atoms with Gasteiger partial charge < -0.3 is 10.2 Å². The average Bonchev–Trinajstić information content (AvgIpc) is 2.51. The van der Waals surface area contributed by atoms with Crippen LogP contribution in [0.25, 0.3) is 0 Å². The van der Waals surface area contributed by atoms with E-state index in [1.165, 1.54) is 12.8 Å². The van der Waals surface area contributed by atoms with Crippen LogP contribution < -0.4 is 0 Å². The molecule has 0 aromatic rings. The number of carboxylic acid groups (broad SMARTS) is 1. The summed E-state index contributed by atoms with van der Waals surface area (Å²) in [5.41, 5.74) is 0.601. The Bertz CT molecular complexity index is 296. The minimum Gasteiger partial charge on any atom is -0.478 e. The molecule has 0 spiro atoms. The van der Waals surface area contributed by atoms with Gasteiger partial charge in [-0.3, -0.25) is 0 Å². The zero-order chi connectivity index (χ0) is 12.6. The molecule has 0 radical (unpaired) electrons. The number of aliphatic carboxylic acids is 1. The standard InChI is InChI=1S/C10H18O.C3H4O2/c1-9(2)7-4-5-10(9,3)8(11)6-7;1-2-3(4)5/h7-8,11H,4-6H2,1-3H3;2H,1H2,(H,4,5)/t7-,8+,10-;/m1./s1. The molecule has 0 aromatic heterocycles. The van der Waals surface area contributed by atoms with Crippen molar-refractivity contribution in [1.82, 2.24) is 0 Å². The molecule has 16 heavy (non-hydrogen) atoms. The third kappa shape index (κ3) is 1.88. The maximum absolute atomic E-state index is 9.81. The van der Waals surface area contributed by atoms with E-state index in [0.29, 0.717) is 5.41 Å². The molecule has 2 N–H and O–H groups in total. The highest BCUT2D eigenvalue weighted by molar-refractivity contribution is 5.78. The quantitative estimate of drug-likeness (QED) is 0.675. The van der Waals surface area contributed by atoms with E-state index >= 15 is 0 Å². The van der Waals surface area contributed by atoms with Gasteiger partial charge in [-0.1, -0.05) is 27.4 Å². The molecule has 92 valence electrons. The summed E-state index contributed by atoms with van der Waals surface area (Å²) in [6.45, 7) is 9.86. The first-order valence-corrected chi connectivity index (χ1v) is 5.79. The lowest BCUT2D eigenvalue weighted by Crippen LogP contribution is -2.35. The van der Waals surface area contributed by atoms with Crippen LogP contribution in [0.3, 0.4) is 0 Å². The number of hydrogen-bond acceptors (Lipinski definition) is 2. The highest BCUT2D eigenvalue weighted by Crippen LogP contribution is 2.65. The van der Waals surface area contributed by atoms with E-state index in [4.69, 9.17) is 5.11 Å². The van der Waals surface area contributed by atoms with Crippen molar-refractivity contribution in [3.8, 4) is 0 Å². The van der Waals surface area contributed by atoms with Gasteiger partial charge in [0.2, 0.25) is 0 Å². The van der Waals surface area contributed by atoms with Crippen LogP contribution in [0.4, 0.5) is 0 Å². The van der Waals surface area contributed by atoms with E-state index in [9.17, 15) is 9.90 Å². The van der Waals surface area contributed by atoms with E-state index in [0.717, 1.165) is 18.4 Å². The van der Waals surface area contributed by atoms with E-state index in [1.807, 2.05) is 0 Å². The van der Waals surface area contributed by atoms with Crippen molar-refractivity contribution in [2.45, 2.75) is 46.1 Å². The van der Waals surface area contributed by atoms with E-state index < -0.39 is 5.97 Å². The van der Waals surface area contributed by atoms with E-state index in [-0.39, 0.29) is 11.5 Å². The molecular weight excluding hydrogens is 204 g/mol. The largest absolute Gasteiger partial charge is 0.478 e. The van der Waals surface area contributed by atoms with E-state index in [2.05, 4.69) is 27.4 Å². The van der Waals surface area contributed by atoms with Crippen LogP contribution in [0.15, 0.2) is 12.7 Å². The van der Waals surface area contributed by atoms with Crippen LogP contribution in [-0.4, -0.2) is 22.3 Å². The molecule has 0 aromatic carbocycles. The molecule has 2 fully saturated rings. The number of aliphatic hydroxyl groups excluding tert-OH is 1. The third-order valence-electron chi connectivity index (χ3n) is 4.92. The molecule has 2 aliphatic carbocycles. The van der Waals surface area contributed by atoms with Crippen LogP contribution in [0, 0.1) is 16.7 Å². The number of aliphatic hydroxyl groups is 1. The summed E-state index contributed by atoms with van der Waals surface area (Å²) in [5.74, 6) is -0.201. The summed E-state index contributed by atoms with van der Waals surface area (Å²) >= 11 is 0. The van der Waals surface area contributed by atoms with Crippen molar-refractivity contribution in [3.63, 3.8) is 0 Å². The van der Waals surface area contributed by atoms with Crippen molar-refractivity contribution >= 4 is 5.97 Å². The summed E-state index contributed by atoms with van der Waals surface area (Å²) in [7, 11) is 0. The maximum atomic E-state index is 9.81. The zero-order valence-corrected chi connectivity index (χ0v) is 10.4. The molecule has 0 saturated heterocycles. The van der Waals surface area contributed by atoms with Crippen molar-refractivity contribution in [1.29, 1.82) is 0 Å². The average molecular weight is 226 g/mol. The molecule has 3 heteroatoms. The lowest BCUT2D eigenvalue weighted by Gasteiger charge is -2.36. The molecule has 2 rings (SSSR count). The van der Waals surface area contributed by atoms with E-state index in [1.54, 1.807) is 0 Å². The molecule has 0 unspecified atom stereocenters. The van der Waals surface area contributed by atoms with Gasteiger partial charge in [0, 0.05) is 6.08 Å². The van der Waals surface area contributed by atoms with Gasteiger partial charge in [0.1, 0.15) is 0 Å². The van der Waals surface area contributed by atoms with Gasteiger partial charge in [-0.05, 0) is 36.0 Å². The zero-order valence-electron chi connectivity index (χ0n) is 10.4. The smallest absolute Gasteiger partial charge is 0.327 e. The molecule has 3 nitrogen and oxygen atoms in total. The number of fused-ring (bicyclic) bond motifs is 2. The fraction of sp³-hybridized carbons (Fsp3) is 0.769. The Balaban J connectivity index is 0.000000221. The Morgan fingerprint density at radius 2 is 1.94 bits per heavy atom. The number of carbonyl (C=O) groups is 1. The summed E-state index contributed by atoms with van der Waals surface area (Å²) in [5, 5.41) is 17.4. The third-order valence-corrected chi connectivity index (χ3v) is 4.92. The molecule has 2 saturated carbocycles. The topological polar surface area (TPSA) is 57.5 Å². The van der Waals surface area contributed by atoms with Crippen molar-refractivity contribution in [2.24, 2.45) is 16.7 Å². The van der Waals surface area contributed by atoms with Crippen LogP contribution >= 0.6 is 0 Å². The number of rotatable bonds is 1. The summed E-state index contributed by atoms with van der Waals surface area (Å²) in [6.07, 6.45) is 4.41. The molecular formula is C13H22O3. The normalized spacial score (nSPS) is 38.8. The summed E-state index contributed by atoms with van der Waals surface area (Å²) in [6, 6.07) is 0. The first kappa shape index (κ1) is 13.2. The first-order valence-electron chi connectivity index (χ1n) is 5.79. The minimum absolute atomic E-state index is 0.0313. The predicted molar refractivity (Wildman–Crippen MR) is 63.1 cm³/mol. The lowest BCUT2D eigenvalue weighted by atomic mass is 9.70. The van der Waals surface area contributed by atoms with Gasteiger partial charge in [-0.15, -0.1) is 0 Å². The Kier molecular flexibility index (Phi) is 3.48. The minimum atomic E-state index is -0.981. The fourth-order valence-corrected chi connectivity index (χ4v) is 3.16. The van der Waals surface area contributed by atoms with Gasteiger partial charge in [-0.2, -0.15) is 0 Å². The number of hydrogen-bond donors (Lipinski definition) is 2. The lowest BCUT2D eigenvalue weighted by molar-refractivity contribution is -0.131. The molecule has 2 aliphatic rings. The second kappa shape index (κ2) is 4.21. The second-order valence-corrected chi connectivity index (χ2v) is 5.67. The molecule has 0 aliphatic heterocycles. The number of carboxylic acids is 1. The highest BCUT2D eigenvalue weighted by Gasteiger charge is 2.60. The Hall–Kier alpha value is -0.830. The monoisotopic (exact) mass is 226 g/mol. The van der Waals surface area contributed by atoms with Gasteiger partial charge in [-0.25, -0.2) is 4.79 Å². The summed E-state index contributed by atoms with van der Waals surface area (Å²) in [4.78, 5) is 9.25. The molecule has 0 amide bonds. The van der Waals surface area contributed by atoms with Crippen LogP contribution in [-0.2, 0) is 4.79 Å². The Morgan fingerprint density at radius 3 is 2.06 bits per heavy atom. The van der Waals surface area contributed by atoms with Gasteiger partial charge >= 0.3 is 5.97 Å². The van der Waals surface area contributed by atoms with Crippen molar-refractivity contribution < 1.29 is 15.0 Å². The van der Waals surface area contributed by atoms with Gasteiger partial charge in [0.25, 0.3) is 0 Å². The van der Waals surface area contributed by atoms with Crippen LogP contribution in [0.5, 0.6) is 0 Å². The molecule has 0 heterocycles. The van der Waals surface area contributed by atoms with Crippen LogP contribution in [0.2, 0.25) is 0 Å². The first-order chi connectivity index (χ1) is 7.25. The maximum Gasteiger partial charge on any atom is 0.327 e. The second-order valence-electron chi connectivity index (χ2n) is 5.67. The molecule has 2 bridgehead atoms. The molecule has 3 atom stereocenters. The van der Waals surface area contributed by atoms with Crippen LogP contribution in [0.1, 0.15) is 40.0 Å². The summed E-state index contributed by atoms with van der Waals surface area (Å²) < 4.78 is 0. The fourth-order valence-electron chi connectivity index (χ4n) is 3.16. The van der Waals surface area contributed by atoms with Gasteiger partial charge in [0.05, 0.1) is 6.10 Å². The van der Waals surface area contributed by atoms with Crippen molar-refractivity contribution in [2.75, 3.05) is 0 Å². The van der Waals surface area contributed by atoms with Crippen molar-refractivity contribution in [3.05, 3.63) is 12.7 Å². The Labute approximate surface area is 97.2 Å². The predicted octanol–water partition coefficient (Wildman–Crippen LogP) is 2.45. The van der Waals surface area contributed by atoms with Gasteiger partial charge in [0.15, 0.2) is 0 Å². The SMILES string of the molecule is C=CC(=O)O.CC1(C)[C@@H]2CC[C@]1(C)[C@@H](O)C2.